The van der Waals surface area contributed by atoms with Gasteiger partial charge in [-0.05, 0) is 54.8 Å². The fourth-order valence-corrected chi connectivity index (χ4v) is 2.00. The van der Waals surface area contributed by atoms with Gasteiger partial charge in [-0.3, -0.25) is 0 Å². The zero-order valence-corrected chi connectivity index (χ0v) is 12.1. The molecule has 3 nitrogen and oxygen atoms in total. The van der Waals surface area contributed by atoms with Crippen molar-refractivity contribution in [3.63, 3.8) is 0 Å². The lowest BCUT2D eigenvalue weighted by Crippen LogP contribution is -2.06. The van der Waals surface area contributed by atoms with Gasteiger partial charge in [0.1, 0.15) is 6.61 Å². The van der Waals surface area contributed by atoms with Crippen LogP contribution in [-0.4, -0.2) is 0 Å². The number of nitrogens with zero attached hydrogens (tertiary/aromatic N) is 1. The van der Waals surface area contributed by atoms with Gasteiger partial charge in [-0.15, -0.1) is 0 Å². The van der Waals surface area contributed by atoms with E-state index in [1.165, 1.54) is 6.07 Å². The first-order chi connectivity index (χ1) is 10.0. The maximum Gasteiger partial charge on any atom is 0.165 e. The molecule has 0 saturated carbocycles. The number of hydrogen-bond acceptors (Lipinski definition) is 3. The molecule has 0 aliphatic heterocycles. The SMILES string of the molecule is Cc1cc(C#N)ccc1COc1ccc([C@H](C)N)cc1F. The van der Waals surface area contributed by atoms with Gasteiger partial charge in [-0.25, -0.2) is 4.39 Å². The lowest BCUT2D eigenvalue weighted by molar-refractivity contribution is 0.289. The Hall–Kier alpha value is -2.38. The topological polar surface area (TPSA) is 59.0 Å². The molecule has 0 heterocycles. The van der Waals surface area contributed by atoms with E-state index in [2.05, 4.69) is 6.07 Å². The van der Waals surface area contributed by atoms with Crippen molar-refractivity contribution in [2.45, 2.75) is 26.5 Å². The summed E-state index contributed by atoms with van der Waals surface area (Å²) in [6.07, 6.45) is 0. The summed E-state index contributed by atoms with van der Waals surface area (Å²) in [7, 11) is 0. The Kier molecular flexibility index (Phi) is 4.56. The van der Waals surface area contributed by atoms with E-state index in [0.717, 1.165) is 16.7 Å². The molecule has 0 bridgehead atoms. The van der Waals surface area contributed by atoms with Crippen molar-refractivity contribution in [3.8, 4) is 11.8 Å². The number of nitrogens with two attached hydrogens (primary N) is 1. The molecule has 0 spiro atoms. The molecule has 4 heteroatoms. The van der Waals surface area contributed by atoms with Crippen LogP contribution in [-0.2, 0) is 6.61 Å². The number of hydrogen-bond donors (Lipinski definition) is 1. The highest BCUT2D eigenvalue weighted by Gasteiger charge is 2.08. The third kappa shape index (κ3) is 3.59. The molecule has 2 N–H and O–H groups in total. The van der Waals surface area contributed by atoms with Gasteiger partial charge in [0.05, 0.1) is 11.6 Å². The Morgan fingerprint density at radius 2 is 2.05 bits per heavy atom. The summed E-state index contributed by atoms with van der Waals surface area (Å²) in [5.41, 5.74) is 8.91. The largest absolute Gasteiger partial charge is 0.486 e. The van der Waals surface area contributed by atoms with Gasteiger partial charge in [-0.2, -0.15) is 5.26 Å². The van der Waals surface area contributed by atoms with Crippen molar-refractivity contribution in [2.24, 2.45) is 5.73 Å². The Labute approximate surface area is 123 Å². The second-order valence-electron chi connectivity index (χ2n) is 5.02. The molecule has 0 fully saturated rings. The first-order valence-corrected chi connectivity index (χ1v) is 6.68. The van der Waals surface area contributed by atoms with E-state index in [0.29, 0.717) is 5.56 Å². The van der Waals surface area contributed by atoms with E-state index >= 15 is 0 Å². The smallest absolute Gasteiger partial charge is 0.165 e. The minimum Gasteiger partial charge on any atom is -0.486 e. The highest BCUT2D eigenvalue weighted by atomic mass is 19.1. The molecule has 0 saturated heterocycles. The van der Waals surface area contributed by atoms with Crippen molar-refractivity contribution in [1.29, 1.82) is 5.26 Å². The lowest BCUT2D eigenvalue weighted by atomic mass is 10.1. The summed E-state index contributed by atoms with van der Waals surface area (Å²) >= 11 is 0. The molecule has 2 aromatic rings. The van der Waals surface area contributed by atoms with Crippen molar-refractivity contribution in [3.05, 3.63) is 64.5 Å². The van der Waals surface area contributed by atoms with Crippen molar-refractivity contribution in [1.82, 2.24) is 0 Å². The zero-order valence-electron chi connectivity index (χ0n) is 12.1. The van der Waals surface area contributed by atoms with E-state index in [4.69, 9.17) is 15.7 Å². The zero-order chi connectivity index (χ0) is 15.4. The second-order valence-corrected chi connectivity index (χ2v) is 5.02. The summed E-state index contributed by atoms with van der Waals surface area (Å²) in [4.78, 5) is 0. The third-order valence-corrected chi connectivity index (χ3v) is 3.34. The van der Waals surface area contributed by atoms with Gasteiger partial charge >= 0.3 is 0 Å². The van der Waals surface area contributed by atoms with Gasteiger partial charge < -0.3 is 10.5 Å². The van der Waals surface area contributed by atoms with Crippen molar-refractivity contribution >= 4 is 0 Å². The first-order valence-electron chi connectivity index (χ1n) is 6.68. The number of benzene rings is 2. The summed E-state index contributed by atoms with van der Waals surface area (Å²) in [6, 6.07) is 11.9. The maximum absolute atomic E-state index is 13.9. The molecule has 0 unspecified atom stereocenters. The van der Waals surface area contributed by atoms with E-state index in [1.807, 2.05) is 13.0 Å². The van der Waals surface area contributed by atoms with Crippen molar-refractivity contribution < 1.29 is 9.13 Å². The summed E-state index contributed by atoms with van der Waals surface area (Å²) in [5, 5.41) is 8.83. The molecule has 21 heavy (non-hydrogen) atoms. The molecule has 0 amide bonds. The molecule has 1 atom stereocenters. The van der Waals surface area contributed by atoms with Crippen LogP contribution in [0.3, 0.4) is 0 Å². The van der Waals surface area contributed by atoms with Gasteiger partial charge in [0.25, 0.3) is 0 Å². The summed E-state index contributed by atoms with van der Waals surface area (Å²) in [5.74, 6) is -0.223. The average molecular weight is 284 g/mol. The maximum atomic E-state index is 13.9. The van der Waals surface area contributed by atoms with Crippen LogP contribution in [0, 0.1) is 24.1 Å². The standard InChI is InChI=1S/C17H17FN2O/c1-11-7-13(9-19)3-4-15(11)10-21-17-6-5-14(12(2)20)8-16(17)18/h3-8,12H,10,20H2,1-2H3/t12-/m0/s1. The molecular weight excluding hydrogens is 267 g/mol. The van der Waals surface area contributed by atoms with Crippen molar-refractivity contribution in [2.75, 3.05) is 0 Å². The van der Waals surface area contributed by atoms with Crippen LogP contribution in [0.5, 0.6) is 5.75 Å². The van der Waals surface area contributed by atoms with Crippen LogP contribution in [0.1, 0.15) is 35.2 Å². The third-order valence-electron chi connectivity index (χ3n) is 3.34. The van der Waals surface area contributed by atoms with E-state index in [-0.39, 0.29) is 18.4 Å². The Bertz CT molecular complexity index is 690. The fourth-order valence-electron chi connectivity index (χ4n) is 2.00. The molecule has 0 aliphatic rings. The fraction of sp³-hybridized carbons (Fsp3) is 0.235. The molecule has 108 valence electrons. The predicted octanol–water partition coefficient (Wildman–Crippen LogP) is 3.60. The number of rotatable bonds is 4. The first kappa shape index (κ1) is 15.0. The normalized spacial score (nSPS) is 11.8. The highest BCUT2D eigenvalue weighted by Crippen LogP contribution is 2.22. The summed E-state index contributed by atoms with van der Waals surface area (Å²) in [6.45, 7) is 3.95. The Morgan fingerprint density at radius 3 is 2.62 bits per heavy atom. The van der Waals surface area contributed by atoms with Crippen LogP contribution in [0.4, 0.5) is 4.39 Å². The Balaban J connectivity index is 2.12. The predicted molar refractivity (Wildman–Crippen MR) is 79.2 cm³/mol. The second kappa shape index (κ2) is 6.38. The molecule has 0 radical (unpaired) electrons. The lowest BCUT2D eigenvalue weighted by Gasteiger charge is -2.12. The van der Waals surface area contributed by atoms with Gasteiger partial charge in [0, 0.05) is 6.04 Å². The van der Waals surface area contributed by atoms with Gasteiger partial charge in [0.15, 0.2) is 11.6 Å². The number of nitriles is 1. The van der Waals surface area contributed by atoms with E-state index < -0.39 is 5.82 Å². The minimum atomic E-state index is -0.420. The van der Waals surface area contributed by atoms with Crippen LogP contribution >= 0.6 is 0 Å². The number of aryl methyl sites for hydroxylation is 1. The monoisotopic (exact) mass is 284 g/mol. The summed E-state index contributed by atoms with van der Waals surface area (Å²) < 4.78 is 19.4. The molecular formula is C17H17FN2O. The van der Waals surface area contributed by atoms with Gasteiger partial charge in [0.2, 0.25) is 0 Å². The van der Waals surface area contributed by atoms with Gasteiger partial charge in [-0.1, -0.05) is 12.1 Å². The van der Waals surface area contributed by atoms with E-state index in [1.54, 1.807) is 31.2 Å². The van der Waals surface area contributed by atoms with Crippen LogP contribution in [0.25, 0.3) is 0 Å². The highest BCUT2D eigenvalue weighted by molar-refractivity contribution is 5.37. The molecule has 2 rings (SSSR count). The minimum absolute atomic E-state index is 0.197. The average Bonchev–Trinajstić information content (AvgIpc) is 2.46. The van der Waals surface area contributed by atoms with E-state index in [9.17, 15) is 4.39 Å². The number of ether oxygens (including phenoxy) is 1. The molecule has 2 aromatic carbocycles. The van der Waals surface area contributed by atoms with Crippen LogP contribution in [0.15, 0.2) is 36.4 Å². The van der Waals surface area contributed by atoms with Crippen LogP contribution in [0.2, 0.25) is 0 Å². The number of halogens is 1. The molecule has 0 aromatic heterocycles. The quantitative estimate of drug-likeness (QED) is 0.933. The Morgan fingerprint density at radius 1 is 1.29 bits per heavy atom. The van der Waals surface area contributed by atoms with Crippen LogP contribution < -0.4 is 10.5 Å². The molecule has 0 aliphatic carbocycles.